The van der Waals surface area contributed by atoms with Gasteiger partial charge in [0, 0.05) is 23.5 Å². The molecular formula is C20H16F2N4O3. The van der Waals surface area contributed by atoms with Crippen LogP contribution in [0.3, 0.4) is 0 Å². The van der Waals surface area contributed by atoms with Crippen molar-refractivity contribution in [1.29, 1.82) is 0 Å². The van der Waals surface area contributed by atoms with Crippen molar-refractivity contribution in [2.75, 3.05) is 17.7 Å². The van der Waals surface area contributed by atoms with E-state index in [2.05, 4.69) is 25.3 Å². The Morgan fingerprint density at radius 1 is 0.931 bits per heavy atom. The molecule has 0 fully saturated rings. The van der Waals surface area contributed by atoms with Crippen LogP contribution in [-0.2, 0) is 4.74 Å². The van der Waals surface area contributed by atoms with Crippen LogP contribution in [0.15, 0.2) is 48.5 Å². The fourth-order valence-corrected chi connectivity index (χ4v) is 2.47. The van der Waals surface area contributed by atoms with Gasteiger partial charge in [-0.3, -0.25) is 4.79 Å². The number of aromatic nitrogens is 2. The van der Waals surface area contributed by atoms with Gasteiger partial charge in [-0.05, 0) is 43.3 Å². The lowest BCUT2D eigenvalue weighted by molar-refractivity contribution is 0.0600. The number of aryl methyl sites for hydroxylation is 1. The Morgan fingerprint density at radius 3 is 2.28 bits per heavy atom. The monoisotopic (exact) mass is 398 g/mol. The first kappa shape index (κ1) is 19.9. The number of amides is 1. The molecule has 0 bridgehead atoms. The average molecular weight is 398 g/mol. The number of benzene rings is 2. The van der Waals surface area contributed by atoms with E-state index in [1.54, 1.807) is 19.1 Å². The van der Waals surface area contributed by atoms with Crippen LogP contribution < -0.4 is 10.6 Å². The first-order chi connectivity index (χ1) is 13.9. The highest BCUT2D eigenvalue weighted by atomic mass is 19.2. The maximum absolute atomic E-state index is 13.4. The van der Waals surface area contributed by atoms with Crippen molar-refractivity contribution in [2.24, 2.45) is 0 Å². The number of esters is 1. The van der Waals surface area contributed by atoms with Crippen molar-refractivity contribution in [3.63, 3.8) is 0 Å². The molecule has 2 aromatic carbocycles. The third kappa shape index (κ3) is 4.89. The third-order valence-corrected chi connectivity index (χ3v) is 3.83. The van der Waals surface area contributed by atoms with E-state index in [1.165, 1.54) is 31.4 Å². The van der Waals surface area contributed by atoms with Gasteiger partial charge in [-0.25, -0.2) is 23.5 Å². The number of carbonyl (C=O) groups is 2. The lowest BCUT2D eigenvalue weighted by Gasteiger charge is -2.10. The second-order valence-electron chi connectivity index (χ2n) is 5.96. The van der Waals surface area contributed by atoms with Gasteiger partial charge < -0.3 is 15.4 Å². The first-order valence-corrected chi connectivity index (χ1v) is 8.43. The van der Waals surface area contributed by atoms with Gasteiger partial charge >= 0.3 is 5.97 Å². The van der Waals surface area contributed by atoms with Crippen molar-refractivity contribution in [2.45, 2.75) is 6.92 Å². The minimum Gasteiger partial charge on any atom is -0.465 e. The van der Waals surface area contributed by atoms with Crippen LogP contribution in [0.4, 0.5) is 26.0 Å². The molecule has 0 saturated heterocycles. The minimum atomic E-state index is -1.01. The fraction of sp³-hybridized carbons (Fsp3) is 0.100. The second kappa shape index (κ2) is 8.42. The molecule has 0 radical (unpaired) electrons. The zero-order valence-corrected chi connectivity index (χ0v) is 15.5. The molecule has 0 aliphatic heterocycles. The molecule has 0 spiro atoms. The molecule has 0 unspecified atom stereocenters. The van der Waals surface area contributed by atoms with Crippen LogP contribution >= 0.6 is 0 Å². The second-order valence-corrected chi connectivity index (χ2v) is 5.96. The Balaban J connectivity index is 1.77. The van der Waals surface area contributed by atoms with Crippen molar-refractivity contribution in [3.8, 4) is 0 Å². The van der Waals surface area contributed by atoms with E-state index in [1.807, 2.05) is 0 Å². The maximum Gasteiger partial charge on any atom is 0.337 e. The molecule has 29 heavy (non-hydrogen) atoms. The lowest BCUT2D eigenvalue weighted by atomic mass is 10.2. The molecule has 7 nitrogen and oxygen atoms in total. The highest BCUT2D eigenvalue weighted by molar-refractivity contribution is 6.03. The van der Waals surface area contributed by atoms with E-state index in [0.29, 0.717) is 17.1 Å². The van der Waals surface area contributed by atoms with Crippen LogP contribution in [0.5, 0.6) is 0 Å². The summed E-state index contributed by atoms with van der Waals surface area (Å²) in [6.07, 6.45) is 0. The van der Waals surface area contributed by atoms with Gasteiger partial charge in [-0.15, -0.1) is 0 Å². The number of anilines is 3. The summed E-state index contributed by atoms with van der Waals surface area (Å²) in [5.41, 5.74) is 1.14. The Morgan fingerprint density at radius 2 is 1.62 bits per heavy atom. The van der Waals surface area contributed by atoms with Crippen molar-refractivity contribution in [3.05, 3.63) is 77.2 Å². The standard InChI is InChI=1S/C20H16F2N4O3/c1-11-23-17(10-18(24-11)25-14-7-8-15(21)16(22)9-14)19(27)26-13-5-3-12(4-6-13)20(28)29-2/h3-10H,1-2H3,(H,26,27)(H,23,24,25). The molecule has 148 valence electrons. The van der Waals surface area contributed by atoms with Crippen LogP contribution in [0.25, 0.3) is 0 Å². The van der Waals surface area contributed by atoms with Crippen LogP contribution in [0.2, 0.25) is 0 Å². The number of hydrogen-bond donors (Lipinski definition) is 2. The average Bonchev–Trinajstić information content (AvgIpc) is 2.70. The van der Waals surface area contributed by atoms with E-state index >= 15 is 0 Å². The molecule has 1 amide bonds. The van der Waals surface area contributed by atoms with Crippen LogP contribution in [-0.4, -0.2) is 29.0 Å². The Bertz CT molecular complexity index is 1070. The number of hydrogen-bond acceptors (Lipinski definition) is 6. The highest BCUT2D eigenvalue weighted by Gasteiger charge is 2.13. The lowest BCUT2D eigenvalue weighted by Crippen LogP contribution is -2.15. The molecule has 9 heteroatoms. The van der Waals surface area contributed by atoms with Crippen molar-refractivity contribution < 1.29 is 23.1 Å². The quantitative estimate of drug-likeness (QED) is 0.635. The Labute approximate surface area is 164 Å². The van der Waals surface area contributed by atoms with Gasteiger partial charge in [0.05, 0.1) is 12.7 Å². The van der Waals surface area contributed by atoms with Crippen molar-refractivity contribution >= 4 is 29.1 Å². The molecule has 0 saturated carbocycles. The predicted octanol–water partition coefficient (Wildman–Crippen LogP) is 3.85. The van der Waals surface area contributed by atoms with Gasteiger partial charge in [-0.2, -0.15) is 0 Å². The summed E-state index contributed by atoms with van der Waals surface area (Å²) in [5, 5.41) is 5.47. The molecule has 0 atom stereocenters. The van der Waals surface area contributed by atoms with Gasteiger partial charge in [0.2, 0.25) is 0 Å². The summed E-state index contributed by atoms with van der Waals surface area (Å²) in [6, 6.07) is 10.8. The van der Waals surface area contributed by atoms with E-state index in [9.17, 15) is 18.4 Å². The van der Waals surface area contributed by atoms with E-state index in [4.69, 9.17) is 0 Å². The van der Waals surface area contributed by atoms with Gasteiger partial charge in [0.25, 0.3) is 5.91 Å². The summed E-state index contributed by atoms with van der Waals surface area (Å²) in [6.45, 7) is 1.60. The molecule has 1 aromatic heterocycles. The Hall–Kier alpha value is -3.88. The molecule has 3 rings (SSSR count). The van der Waals surface area contributed by atoms with Crippen LogP contribution in [0, 0.1) is 18.6 Å². The van der Waals surface area contributed by atoms with Crippen molar-refractivity contribution in [1.82, 2.24) is 9.97 Å². The molecule has 0 aliphatic rings. The number of halogens is 2. The van der Waals surface area contributed by atoms with E-state index in [-0.39, 0.29) is 17.2 Å². The van der Waals surface area contributed by atoms with Gasteiger partial charge in [0.15, 0.2) is 11.6 Å². The third-order valence-electron chi connectivity index (χ3n) is 3.83. The molecular weight excluding hydrogens is 382 g/mol. The van der Waals surface area contributed by atoms with Crippen LogP contribution in [0.1, 0.15) is 26.7 Å². The molecule has 0 aliphatic carbocycles. The number of rotatable bonds is 5. The number of ether oxygens (including phenoxy) is 1. The fourth-order valence-electron chi connectivity index (χ4n) is 2.47. The van der Waals surface area contributed by atoms with E-state index in [0.717, 1.165) is 12.1 Å². The predicted molar refractivity (Wildman–Crippen MR) is 102 cm³/mol. The zero-order chi connectivity index (χ0) is 21.0. The first-order valence-electron chi connectivity index (χ1n) is 8.43. The topological polar surface area (TPSA) is 93.2 Å². The number of methoxy groups -OCH3 is 1. The smallest absolute Gasteiger partial charge is 0.337 e. The Kier molecular flexibility index (Phi) is 5.77. The summed E-state index contributed by atoms with van der Waals surface area (Å²) in [7, 11) is 1.28. The van der Waals surface area contributed by atoms with Gasteiger partial charge in [0.1, 0.15) is 17.3 Å². The zero-order valence-electron chi connectivity index (χ0n) is 15.5. The SMILES string of the molecule is COC(=O)c1ccc(NC(=O)c2cc(Nc3ccc(F)c(F)c3)nc(C)n2)cc1. The number of nitrogens with one attached hydrogen (secondary N) is 2. The van der Waals surface area contributed by atoms with E-state index < -0.39 is 23.5 Å². The molecule has 3 aromatic rings. The summed E-state index contributed by atoms with van der Waals surface area (Å²) < 4.78 is 31.1. The summed E-state index contributed by atoms with van der Waals surface area (Å²) >= 11 is 0. The largest absolute Gasteiger partial charge is 0.465 e. The van der Waals surface area contributed by atoms with Gasteiger partial charge in [-0.1, -0.05) is 0 Å². The summed E-state index contributed by atoms with van der Waals surface area (Å²) in [5.74, 6) is -2.41. The number of nitrogens with zero attached hydrogens (tertiary/aromatic N) is 2. The highest BCUT2D eigenvalue weighted by Crippen LogP contribution is 2.19. The normalized spacial score (nSPS) is 10.3. The molecule has 2 N–H and O–H groups in total. The number of carbonyl (C=O) groups excluding carboxylic acids is 2. The molecule has 1 heterocycles. The maximum atomic E-state index is 13.4. The minimum absolute atomic E-state index is 0.0691. The summed E-state index contributed by atoms with van der Waals surface area (Å²) in [4.78, 5) is 32.2.